The highest BCUT2D eigenvalue weighted by molar-refractivity contribution is 7.15. The molecule has 0 radical (unpaired) electrons. The maximum atomic E-state index is 12.3. The lowest BCUT2D eigenvalue weighted by atomic mass is 10.0. The van der Waals surface area contributed by atoms with E-state index < -0.39 is 11.9 Å². The number of benzene rings is 2. The number of carboxylic acids is 1. The van der Waals surface area contributed by atoms with E-state index in [1.807, 2.05) is 30.3 Å². The van der Waals surface area contributed by atoms with Gasteiger partial charge in [0.1, 0.15) is 16.3 Å². The molecule has 1 heterocycles. The van der Waals surface area contributed by atoms with Crippen molar-refractivity contribution >= 4 is 45.5 Å². The molecule has 3 aromatic rings. The van der Waals surface area contributed by atoms with Crippen LogP contribution in [-0.2, 0) is 11.2 Å². The number of hydrogen-bond acceptors (Lipinski definition) is 4. The second kappa shape index (κ2) is 8.16. The highest BCUT2D eigenvalue weighted by Gasteiger charge is 2.22. The average molecular weight is 399 g/mol. The number of nitrogens with one attached hydrogen (secondary N) is 2. The number of anilines is 1. The Morgan fingerprint density at radius 2 is 1.74 bits per heavy atom. The van der Waals surface area contributed by atoms with Gasteiger partial charge in [0.2, 0.25) is 0 Å². The molecule has 0 atom stereocenters. The molecule has 0 unspecified atom stereocenters. The number of amides is 1. The second-order valence-corrected chi connectivity index (χ2v) is 7.08. The number of carbonyl (C=O) groups excluding carboxylic acids is 1. The topological polar surface area (TPSA) is 90.3 Å². The van der Waals surface area contributed by atoms with E-state index in [1.54, 1.807) is 29.6 Å². The fourth-order valence-corrected chi connectivity index (χ4v) is 3.65. The van der Waals surface area contributed by atoms with Crippen molar-refractivity contribution < 1.29 is 14.7 Å². The summed E-state index contributed by atoms with van der Waals surface area (Å²) in [5.74, 6) is -1.77. The number of halogens is 1. The van der Waals surface area contributed by atoms with Crippen molar-refractivity contribution in [3.05, 3.63) is 76.1 Å². The molecule has 0 fully saturated rings. The molecule has 0 saturated carbocycles. The Labute approximate surface area is 164 Å². The zero-order valence-corrected chi connectivity index (χ0v) is 15.6. The highest BCUT2D eigenvalue weighted by atomic mass is 35.5. The molecule has 7 heteroatoms. The Morgan fingerprint density at radius 3 is 2.37 bits per heavy atom. The minimum absolute atomic E-state index is 0.00295. The maximum Gasteiger partial charge on any atom is 0.339 e. The van der Waals surface area contributed by atoms with Gasteiger partial charge in [-0.25, -0.2) is 4.79 Å². The Kier molecular flexibility index (Phi) is 5.69. The zero-order chi connectivity index (χ0) is 19.4. The molecular weight excluding hydrogens is 384 g/mol. The molecule has 0 bridgehead atoms. The first-order valence-corrected chi connectivity index (χ1v) is 9.25. The first-order chi connectivity index (χ1) is 13.0. The number of aromatic carboxylic acids is 1. The number of thiophene rings is 1. The normalized spacial score (nSPS) is 10.4. The van der Waals surface area contributed by atoms with Gasteiger partial charge in [-0.1, -0.05) is 54.1 Å². The molecule has 1 amide bonds. The summed E-state index contributed by atoms with van der Waals surface area (Å²) in [6.45, 7) is 0. The lowest BCUT2D eigenvalue weighted by Gasteiger charge is -2.07. The summed E-state index contributed by atoms with van der Waals surface area (Å²) in [5, 5.41) is 22.6. The summed E-state index contributed by atoms with van der Waals surface area (Å²) < 4.78 is 0. The fraction of sp³-hybridized carbons (Fsp3) is 0.0500. The molecule has 1 aromatic heterocycles. The van der Waals surface area contributed by atoms with Crippen molar-refractivity contribution in [2.75, 3.05) is 5.32 Å². The Bertz CT molecular complexity index is 998. The lowest BCUT2D eigenvalue weighted by molar-refractivity contribution is -0.110. The molecular formula is C20H15ClN2O3S. The number of carbonyl (C=O) groups is 2. The van der Waals surface area contributed by atoms with Gasteiger partial charge in [-0.15, -0.1) is 11.3 Å². The van der Waals surface area contributed by atoms with Crippen LogP contribution in [0.25, 0.3) is 11.1 Å². The van der Waals surface area contributed by atoms with Gasteiger partial charge in [-0.2, -0.15) is 0 Å². The Morgan fingerprint density at radius 1 is 1.07 bits per heavy atom. The molecule has 3 N–H and O–H groups in total. The summed E-state index contributed by atoms with van der Waals surface area (Å²) in [7, 11) is 0. The summed E-state index contributed by atoms with van der Waals surface area (Å²) in [6, 6.07) is 16.0. The molecule has 0 aliphatic heterocycles. The van der Waals surface area contributed by atoms with Gasteiger partial charge in [0.25, 0.3) is 5.91 Å². The number of hydrogen-bond donors (Lipinski definition) is 3. The Balaban J connectivity index is 1.82. The molecule has 27 heavy (non-hydrogen) atoms. The van der Waals surface area contributed by atoms with Gasteiger partial charge in [-0.05, 0) is 23.3 Å². The van der Waals surface area contributed by atoms with E-state index in [1.165, 1.54) is 0 Å². The van der Waals surface area contributed by atoms with Crippen molar-refractivity contribution in [3.8, 4) is 11.1 Å². The van der Waals surface area contributed by atoms with E-state index in [2.05, 4.69) is 5.32 Å². The Hall–Kier alpha value is -2.96. The predicted octanol–water partition coefficient (Wildman–Crippen LogP) is 4.97. The van der Waals surface area contributed by atoms with Gasteiger partial charge in [0.05, 0.1) is 0 Å². The van der Waals surface area contributed by atoms with Gasteiger partial charge >= 0.3 is 5.97 Å². The summed E-state index contributed by atoms with van der Waals surface area (Å²) in [4.78, 5) is 24.1. The lowest BCUT2D eigenvalue weighted by Crippen LogP contribution is -2.24. The summed E-state index contributed by atoms with van der Waals surface area (Å²) in [6.07, 6.45) is 0.171. The van der Waals surface area contributed by atoms with Crippen LogP contribution in [0.3, 0.4) is 0 Å². The van der Waals surface area contributed by atoms with Gasteiger partial charge in [0.15, 0.2) is 0 Å². The van der Waals surface area contributed by atoms with Crippen molar-refractivity contribution in [2.24, 2.45) is 0 Å². The van der Waals surface area contributed by atoms with Crippen molar-refractivity contribution in [1.29, 1.82) is 5.41 Å². The monoisotopic (exact) mass is 398 g/mol. The third-order valence-electron chi connectivity index (χ3n) is 3.88. The first kappa shape index (κ1) is 18.8. The maximum absolute atomic E-state index is 12.3. The van der Waals surface area contributed by atoms with E-state index >= 15 is 0 Å². The minimum atomic E-state index is -1.15. The molecule has 2 aromatic carbocycles. The van der Waals surface area contributed by atoms with Gasteiger partial charge in [-0.3, -0.25) is 10.2 Å². The predicted molar refractivity (Wildman–Crippen MR) is 108 cm³/mol. The first-order valence-electron chi connectivity index (χ1n) is 7.99. The molecule has 0 saturated heterocycles. The third kappa shape index (κ3) is 4.42. The molecule has 136 valence electrons. The fourth-order valence-electron chi connectivity index (χ4n) is 2.56. The SMILES string of the molecule is N=C(Cc1ccccc1)C(=O)Nc1scc(-c2ccc(Cl)cc2)c1C(=O)O. The van der Waals surface area contributed by atoms with Crippen LogP contribution in [0, 0.1) is 5.41 Å². The van der Waals surface area contributed by atoms with Crippen LogP contribution in [0.15, 0.2) is 60.0 Å². The van der Waals surface area contributed by atoms with Crippen LogP contribution in [-0.4, -0.2) is 22.7 Å². The van der Waals surface area contributed by atoms with Gasteiger partial charge < -0.3 is 10.4 Å². The molecule has 0 spiro atoms. The quantitative estimate of drug-likeness (QED) is 0.512. The van der Waals surface area contributed by atoms with Crippen molar-refractivity contribution in [2.45, 2.75) is 6.42 Å². The number of rotatable bonds is 6. The zero-order valence-electron chi connectivity index (χ0n) is 14.0. The number of carboxylic acid groups (broad SMARTS) is 1. The van der Waals surface area contributed by atoms with Crippen molar-refractivity contribution in [3.63, 3.8) is 0 Å². The van der Waals surface area contributed by atoms with Crippen molar-refractivity contribution in [1.82, 2.24) is 0 Å². The van der Waals surface area contributed by atoms with Crippen LogP contribution in [0.5, 0.6) is 0 Å². The standard InChI is InChI=1S/C20H15ClN2O3S/c21-14-8-6-13(7-9-14)15-11-27-19(17(15)20(25)26)23-18(24)16(22)10-12-4-2-1-3-5-12/h1-9,11,22H,10H2,(H,23,24)(H,25,26). The van der Waals surface area contributed by atoms with Crippen LogP contribution >= 0.6 is 22.9 Å². The average Bonchev–Trinajstić information content (AvgIpc) is 3.07. The largest absolute Gasteiger partial charge is 0.478 e. The van der Waals surface area contributed by atoms with E-state index in [0.29, 0.717) is 16.1 Å². The summed E-state index contributed by atoms with van der Waals surface area (Å²) in [5.41, 5.74) is 1.88. The van der Waals surface area contributed by atoms with Crippen LogP contribution < -0.4 is 5.32 Å². The molecule has 0 aliphatic carbocycles. The molecule has 0 aliphatic rings. The smallest absolute Gasteiger partial charge is 0.339 e. The van der Waals surface area contributed by atoms with Crippen LogP contribution in [0.2, 0.25) is 5.02 Å². The van der Waals surface area contributed by atoms with Crippen LogP contribution in [0.4, 0.5) is 5.00 Å². The minimum Gasteiger partial charge on any atom is -0.478 e. The second-order valence-electron chi connectivity index (χ2n) is 5.76. The molecule has 3 rings (SSSR count). The molecule has 5 nitrogen and oxygen atoms in total. The summed E-state index contributed by atoms with van der Waals surface area (Å²) >= 11 is 7.00. The van der Waals surface area contributed by atoms with Gasteiger partial charge in [0, 0.05) is 22.4 Å². The van der Waals surface area contributed by atoms with E-state index in [-0.39, 0.29) is 22.7 Å². The van der Waals surface area contributed by atoms with Crippen LogP contribution in [0.1, 0.15) is 15.9 Å². The highest BCUT2D eigenvalue weighted by Crippen LogP contribution is 2.36. The third-order valence-corrected chi connectivity index (χ3v) is 5.03. The van der Waals surface area contributed by atoms with E-state index in [9.17, 15) is 14.7 Å². The van der Waals surface area contributed by atoms with E-state index in [0.717, 1.165) is 16.9 Å². The van der Waals surface area contributed by atoms with E-state index in [4.69, 9.17) is 17.0 Å².